The second-order valence-corrected chi connectivity index (χ2v) is 23.7. The fourth-order valence-electron chi connectivity index (χ4n) is 10.2. The Morgan fingerprint density at radius 1 is 0.485 bits per heavy atom. The van der Waals surface area contributed by atoms with Crippen molar-refractivity contribution >= 4 is 99.6 Å². The van der Waals surface area contributed by atoms with Gasteiger partial charge in [-0.15, -0.1) is 0 Å². The maximum atomic E-state index is 15.1. The number of likely N-dealkylation sites (N-methyl/N-ethyl adjacent to an activating group) is 1. The average Bonchev–Trinajstić information content (AvgIpc) is 1.76. The number of hydrogen-bond acceptors (Lipinski definition) is 16. The van der Waals surface area contributed by atoms with Gasteiger partial charge in [0.1, 0.15) is 54.4 Å². The number of carbonyl (C=O) groups is 14. The van der Waals surface area contributed by atoms with Crippen LogP contribution in [0.25, 0.3) is 10.9 Å². The molecule has 0 bridgehead atoms. The largest absolute Gasteiger partial charge is 0.370 e. The lowest BCUT2D eigenvalue weighted by atomic mass is 9.95. The molecule has 24 N–H and O–H groups in total. The van der Waals surface area contributed by atoms with Crippen molar-refractivity contribution in [3.05, 3.63) is 71.9 Å². The van der Waals surface area contributed by atoms with Gasteiger partial charge in [-0.3, -0.25) is 72.1 Å². The van der Waals surface area contributed by atoms with Gasteiger partial charge in [-0.25, -0.2) is 0 Å². The molecule has 0 saturated heterocycles. The van der Waals surface area contributed by atoms with Crippen molar-refractivity contribution in [3.8, 4) is 0 Å². The van der Waals surface area contributed by atoms with Crippen molar-refractivity contribution in [3.63, 3.8) is 0 Å². The summed E-state index contributed by atoms with van der Waals surface area (Å²) >= 11 is 0. The Bertz CT molecular complexity index is 3210. The molecule has 0 aliphatic heterocycles. The summed E-state index contributed by atoms with van der Waals surface area (Å²) < 4.78 is 0. The number of fused-ring (bicyclic) bond motifs is 1. The van der Waals surface area contributed by atoms with E-state index in [2.05, 4.69) is 68.5 Å². The van der Waals surface area contributed by atoms with Crippen molar-refractivity contribution in [2.75, 3.05) is 26.7 Å². The topological polar surface area (TPSA) is 556 Å². The monoisotopic (exact) mass is 1360 g/mol. The molecule has 0 spiro atoms. The third-order valence-electron chi connectivity index (χ3n) is 16.0. The fraction of sp³-hybridized carbons (Fsp3) is 0.547. The zero-order valence-corrected chi connectivity index (χ0v) is 56.0. The first kappa shape index (κ1) is 81.0. The maximum absolute atomic E-state index is 15.1. The number of amides is 14. The molecule has 0 saturated carbocycles. The first-order chi connectivity index (χ1) is 46.0. The summed E-state index contributed by atoms with van der Waals surface area (Å²) in [6, 6.07) is 2.58. The normalized spacial score (nSPS) is 14.4. The highest BCUT2D eigenvalue weighted by Gasteiger charge is 2.38. The molecule has 3 rings (SSSR count). The molecule has 2 aromatic carbocycles. The summed E-state index contributed by atoms with van der Waals surface area (Å²) in [5.74, 6) is -13.0. The van der Waals surface area contributed by atoms with E-state index in [4.69, 9.17) is 34.4 Å². The van der Waals surface area contributed by atoms with Gasteiger partial charge in [-0.05, 0) is 80.5 Å². The Balaban J connectivity index is 2.05. The van der Waals surface area contributed by atoms with E-state index in [1.807, 2.05) is 0 Å². The number of primary amides is 3. The van der Waals surface area contributed by atoms with Crippen molar-refractivity contribution in [2.24, 2.45) is 51.2 Å². The lowest BCUT2D eigenvalue weighted by molar-refractivity contribution is -0.137. The smallest absolute Gasteiger partial charge is 0.243 e. The van der Waals surface area contributed by atoms with Gasteiger partial charge in [-0.2, -0.15) is 0 Å². The number of nitrogens with one attached hydrogen (secondary N) is 12. The van der Waals surface area contributed by atoms with Crippen LogP contribution in [-0.2, 0) is 80.0 Å². The number of nitrogens with two attached hydrogens (primary N) is 6. The van der Waals surface area contributed by atoms with Crippen LogP contribution < -0.4 is 92.9 Å². The summed E-state index contributed by atoms with van der Waals surface area (Å²) in [5.41, 5.74) is 34.9. The Labute approximate surface area is 563 Å². The third kappa shape index (κ3) is 29.1. The van der Waals surface area contributed by atoms with Crippen LogP contribution in [0.4, 0.5) is 0 Å². The Morgan fingerprint density at radius 3 is 1.44 bits per heavy atom. The summed E-state index contributed by atoms with van der Waals surface area (Å²) in [5, 5.41) is 29.4. The molecule has 14 amide bonds. The van der Waals surface area contributed by atoms with Crippen molar-refractivity contribution in [2.45, 2.75) is 185 Å². The highest BCUT2D eigenvalue weighted by atomic mass is 16.2. The van der Waals surface area contributed by atoms with Crippen LogP contribution in [0.2, 0.25) is 0 Å². The number of guanidine groups is 1. The van der Waals surface area contributed by atoms with Crippen molar-refractivity contribution < 1.29 is 67.1 Å². The predicted octanol–water partition coefficient (Wildman–Crippen LogP) is -3.73. The molecule has 0 fully saturated rings. The molecule has 0 aliphatic rings. The minimum atomic E-state index is -1.57. The molecule has 33 heteroatoms. The van der Waals surface area contributed by atoms with Crippen LogP contribution in [0.15, 0.2) is 65.8 Å². The fourth-order valence-corrected chi connectivity index (χ4v) is 10.2. The quantitative estimate of drug-likeness (QED) is 0.0147. The van der Waals surface area contributed by atoms with Gasteiger partial charge >= 0.3 is 0 Å². The molecule has 0 aliphatic carbocycles. The number of hydrogen-bond donors (Lipinski definition) is 18. The number of rotatable bonds is 45. The minimum absolute atomic E-state index is 0.0211. The van der Waals surface area contributed by atoms with E-state index in [0.29, 0.717) is 41.3 Å². The highest BCUT2D eigenvalue weighted by Crippen LogP contribution is 2.21. The number of benzene rings is 2. The van der Waals surface area contributed by atoms with E-state index >= 15 is 9.59 Å². The Hall–Kier alpha value is -10.2. The van der Waals surface area contributed by atoms with E-state index in [9.17, 15) is 57.5 Å². The van der Waals surface area contributed by atoms with Crippen LogP contribution in [0, 0.1) is 11.8 Å². The van der Waals surface area contributed by atoms with E-state index < -0.39 is 162 Å². The molecule has 1 aromatic heterocycles. The van der Waals surface area contributed by atoms with E-state index in [0.717, 1.165) is 0 Å². The van der Waals surface area contributed by atoms with Gasteiger partial charge in [0.05, 0.1) is 6.42 Å². The van der Waals surface area contributed by atoms with Crippen LogP contribution >= 0.6 is 0 Å². The lowest BCUT2D eigenvalue weighted by Crippen LogP contribution is -2.62. The number of carbonyl (C=O) groups excluding carboxylic acids is 14. The van der Waals surface area contributed by atoms with Crippen molar-refractivity contribution in [1.29, 1.82) is 0 Å². The number of H-pyrrole nitrogens is 1. The van der Waals surface area contributed by atoms with Crippen LogP contribution in [0.1, 0.15) is 129 Å². The summed E-state index contributed by atoms with van der Waals surface area (Å²) in [4.78, 5) is 197. The maximum Gasteiger partial charge on any atom is 0.243 e. The number of unbranched alkanes of at least 4 members (excludes halogenated alkanes) is 1. The van der Waals surface area contributed by atoms with Crippen LogP contribution in [-0.4, -0.2) is 175 Å². The van der Waals surface area contributed by atoms with Gasteiger partial charge in [0.25, 0.3) is 0 Å². The van der Waals surface area contributed by atoms with E-state index in [1.165, 1.54) is 14.0 Å². The van der Waals surface area contributed by atoms with Crippen LogP contribution in [0.5, 0.6) is 0 Å². The number of aromatic amines is 1. The number of nitrogens with zero attached hydrogens (tertiary/aromatic N) is 1. The Morgan fingerprint density at radius 2 is 0.938 bits per heavy atom. The first-order valence-electron chi connectivity index (χ1n) is 32.4. The second-order valence-electron chi connectivity index (χ2n) is 23.7. The predicted molar refractivity (Wildman–Crippen MR) is 359 cm³/mol. The summed E-state index contributed by atoms with van der Waals surface area (Å²) in [6.45, 7) is 8.33. The van der Waals surface area contributed by atoms with Gasteiger partial charge < -0.3 is 97.9 Å². The van der Waals surface area contributed by atoms with E-state index in [1.54, 1.807) is 88.5 Å². The van der Waals surface area contributed by atoms with Gasteiger partial charge in [0.15, 0.2) is 5.96 Å². The molecule has 97 heavy (non-hydrogen) atoms. The van der Waals surface area contributed by atoms with Crippen LogP contribution in [0.3, 0.4) is 0 Å². The number of aromatic nitrogens is 1. The second kappa shape index (κ2) is 42.3. The highest BCUT2D eigenvalue weighted by molar-refractivity contribution is 6.00. The lowest BCUT2D eigenvalue weighted by Gasteiger charge is -2.31. The van der Waals surface area contributed by atoms with Crippen molar-refractivity contribution in [1.82, 2.24) is 63.5 Å². The number of aliphatic imine (C=N–C) groups is 1. The zero-order chi connectivity index (χ0) is 72.3. The molecular formula is C64H99N19O14. The molecule has 33 nitrogen and oxygen atoms in total. The summed E-state index contributed by atoms with van der Waals surface area (Å²) in [7, 11) is 1.26. The molecule has 534 valence electrons. The number of para-hydroxylation sites is 1. The molecule has 11 atom stereocenters. The molecule has 3 aromatic rings. The SMILES string of the molecule is CCC(C)[C@H](NC(=O)[C@H](CCCCN)NC(=O)[C@@H](NC(=O)[C@H](CCC(N)=O)NC(=O)[C@H](CCCN=C(N)N)NC(=O)CCNC(C)=O)C(C)CC)C(=O)N[C@@H](Cc1c[nH]c2ccccc12)C(=O)N[C@@H](Cc1ccccc1)C(=O)N[C@@H](CCC(N)=O)C(=O)N[C@@H](CC(N)=O)C(=O)NC. The third-order valence-corrected chi connectivity index (χ3v) is 16.0. The minimum Gasteiger partial charge on any atom is -0.370 e. The van der Waals surface area contributed by atoms with Gasteiger partial charge in [0, 0.05) is 76.3 Å². The molecule has 1 heterocycles. The average molecular weight is 1360 g/mol. The Kier molecular flexibility index (Phi) is 35.3. The summed E-state index contributed by atoms with van der Waals surface area (Å²) in [6.07, 6.45) is 0.286. The molecule has 0 radical (unpaired) electrons. The molecular weight excluding hydrogens is 1260 g/mol. The van der Waals surface area contributed by atoms with Gasteiger partial charge in [0.2, 0.25) is 82.7 Å². The first-order valence-corrected chi connectivity index (χ1v) is 32.4. The molecule has 2 unspecified atom stereocenters. The standard InChI is InChI=1S/C64H99N19O14/c1-7-35(3)53(83-59(93)45(24-26-50(67)86)76-56(90)42(22-16-29-73-64(69)70)75-52(88)27-30-72-37(5)84)62(96)78-43(21-14-15-28-65)58(92)82-54(36(4)8-2)63(97)81-47(32-39-34-74-41-20-13-12-19-40(39)41)61(95)79-46(31-38-17-10-9-11-18-38)60(94)77-44(23-25-49(66)85)57(91)80-48(33-51(68)87)55(89)71-6/h9-13,17-20,34-36,42-48,53-54,74H,7-8,14-16,21-33,65H2,1-6H3,(H2,66,85)(H2,67,86)(H2,68,87)(H,71,89)(H,72,84)(H,75,88)(H,76,90)(H,77,94)(H,78,96)(H,79,95)(H,80,91)(H,81,97)(H,82,92)(H,83,93)(H4,69,70,73)/t35?,36?,42-,43-,44-,45-,46-,47-,48-,53-,54-/m0/s1. The zero-order valence-electron chi connectivity index (χ0n) is 56.0. The van der Waals surface area contributed by atoms with E-state index in [-0.39, 0.29) is 89.3 Å². The van der Waals surface area contributed by atoms with Gasteiger partial charge in [-0.1, -0.05) is 89.1 Å².